The van der Waals surface area contributed by atoms with Crippen LogP contribution in [0.5, 0.6) is 0 Å². The average Bonchev–Trinajstić information content (AvgIpc) is 3.18. The number of rotatable bonds is 36. The Morgan fingerprint density at radius 1 is 0.400 bits per heavy atom. The van der Waals surface area contributed by atoms with Crippen LogP contribution in [0.15, 0.2) is 109 Å². The number of unbranched alkanes of at least 4 members (excludes halogenated alkanes) is 8. The van der Waals surface area contributed by atoms with E-state index >= 15 is 0 Å². The summed E-state index contributed by atoms with van der Waals surface area (Å²) in [6, 6.07) is 0. The molecule has 0 aromatic carbocycles. The number of allylic oxidation sites excluding steroid dienone is 17. The molecule has 6 heteroatoms. The van der Waals surface area contributed by atoms with Crippen LogP contribution in [-0.4, -0.2) is 37.2 Å². The highest BCUT2D eigenvalue weighted by Crippen LogP contribution is 2.09. The van der Waals surface area contributed by atoms with Crippen molar-refractivity contribution in [3.8, 4) is 0 Å². The van der Waals surface area contributed by atoms with Gasteiger partial charge < -0.3 is 14.2 Å². The summed E-state index contributed by atoms with van der Waals surface area (Å²) in [6.07, 6.45) is 57.0. The summed E-state index contributed by atoms with van der Waals surface area (Å²) < 4.78 is 16.4. The molecule has 0 N–H and O–H groups in total. The predicted octanol–water partition coefficient (Wildman–Crippen LogP) is 13.6. The van der Waals surface area contributed by atoms with E-state index < -0.39 is 18.0 Å². The molecule has 1 unspecified atom stereocenters. The van der Waals surface area contributed by atoms with Gasteiger partial charge >= 0.3 is 17.9 Å². The van der Waals surface area contributed by atoms with Gasteiger partial charge in [0.25, 0.3) is 0 Å². The topological polar surface area (TPSA) is 78.9 Å². The molecular formula is C49H76O6. The maximum atomic E-state index is 12.6. The van der Waals surface area contributed by atoms with Gasteiger partial charge in [0.15, 0.2) is 6.10 Å². The minimum Gasteiger partial charge on any atom is -0.462 e. The fraction of sp³-hybridized carbons (Fsp3) is 0.571. The lowest BCUT2D eigenvalue weighted by Gasteiger charge is -2.18. The Morgan fingerprint density at radius 2 is 0.782 bits per heavy atom. The van der Waals surface area contributed by atoms with Crippen molar-refractivity contribution in [2.75, 3.05) is 13.2 Å². The van der Waals surface area contributed by atoms with Gasteiger partial charge in [0.1, 0.15) is 13.2 Å². The zero-order chi connectivity index (χ0) is 40.1. The molecule has 0 amide bonds. The van der Waals surface area contributed by atoms with E-state index in [1.54, 1.807) is 6.08 Å². The monoisotopic (exact) mass is 761 g/mol. The van der Waals surface area contributed by atoms with Gasteiger partial charge in [-0.3, -0.25) is 14.4 Å². The van der Waals surface area contributed by atoms with Crippen LogP contribution in [-0.2, 0) is 28.6 Å². The highest BCUT2D eigenvalue weighted by Gasteiger charge is 2.19. The normalized spacial score (nSPS) is 13.1. The van der Waals surface area contributed by atoms with Crippen LogP contribution in [0.2, 0.25) is 0 Å². The number of esters is 3. The smallest absolute Gasteiger partial charge is 0.309 e. The molecule has 0 saturated carbocycles. The maximum absolute atomic E-state index is 12.6. The van der Waals surface area contributed by atoms with Gasteiger partial charge in [0.2, 0.25) is 0 Å². The lowest BCUT2D eigenvalue weighted by molar-refractivity contribution is -0.166. The van der Waals surface area contributed by atoms with E-state index in [2.05, 4.69) is 118 Å². The van der Waals surface area contributed by atoms with Gasteiger partial charge in [0.05, 0.1) is 6.42 Å². The van der Waals surface area contributed by atoms with E-state index in [9.17, 15) is 14.4 Å². The maximum Gasteiger partial charge on any atom is 0.309 e. The molecule has 0 fully saturated rings. The first-order valence-electron chi connectivity index (χ1n) is 21.4. The summed E-state index contributed by atoms with van der Waals surface area (Å²) in [5, 5.41) is 0. The van der Waals surface area contributed by atoms with Gasteiger partial charge in [-0.2, -0.15) is 0 Å². The summed E-state index contributed by atoms with van der Waals surface area (Å²) in [5.41, 5.74) is 0. The molecule has 0 rings (SSSR count). The van der Waals surface area contributed by atoms with Crippen LogP contribution >= 0.6 is 0 Å². The van der Waals surface area contributed by atoms with Crippen molar-refractivity contribution >= 4 is 17.9 Å². The summed E-state index contributed by atoms with van der Waals surface area (Å²) in [7, 11) is 0. The zero-order valence-corrected chi connectivity index (χ0v) is 34.9. The van der Waals surface area contributed by atoms with E-state index in [4.69, 9.17) is 14.2 Å². The minimum atomic E-state index is -0.858. The highest BCUT2D eigenvalue weighted by molar-refractivity contribution is 5.72. The van der Waals surface area contributed by atoms with Crippen molar-refractivity contribution in [1.82, 2.24) is 0 Å². The van der Waals surface area contributed by atoms with E-state index in [1.807, 2.05) is 6.08 Å². The molecule has 0 heterocycles. The van der Waals surface area contributed by atoms with E-state index in [1.165, 1.54) is 44.9 Å². The Kier molecular flexibility index (Phi) is 39.7. The van der Waals surface area contributed by atoms with Gasteiger partial charge in [-0.15, -0.1) is 0 Å². The molecule has 0 bridgehead atoms. The van der Waals surface area contributed by atoms with E-state index in [-0.39, 0.29) is 38.4 Å². The second-order valence-electron chi connectivity index (χ2n) is 13.5. The summed E-state index contributed by atoms with van der Waals surface area (Å²) >= 11 is 0. The van der Waals surface area contributed by atoms with Gasteiger partial charge in [-0.25, -0.2) is 0 Å². The van der Waals surface area contributed by atoms with Crippen molar-refractivity contribution in [2.24, 2.45) is 0 Å². The molecule has 308 valence electrons. The van der Waals surface area contributed by atoms with Crippen LogP contribution < -0.4 is 0 Å². The fourth-order valence-corrected chi connectivity index (χ4v) is 5.13. The molecule has 1 atom stereocenters. The third kappa shape index (κ3) is 41.1. The number of ether oxygens (including phenoxy) is 3. The first-order chi connectivity index (χ1) is 27.0. The molecule has 0 aliphatic carbocycles. The molecule has 0 radical (unpaired) electrons. The predicted molar refractivity (Wildman–Crippen MR) is 233 cm³/mol. The number of hydrogen-bond donors (Lipinski definition) is 0. The van der Waals surface area contributed by atoms with Crippen molar-refractivity contribution < 1.29 is 28.6 Å². The zero-order valence-electron chi connectivity index (χ0n) is 34.9. The lowest BCUT2D eigenvalue weighted by atomic mass is 10.1. The van der Waals surface area contributed by atoms with Crippen molar-refractivity contribution in [1.29, 1.82) is 0 Å². The summed E-state index contributed by atoms with van der Waals surface area (Å²) in [6.45, 7) is 6.16. The first kappa shape index (κ1) is 51.1. The number of carbonyl (C=O) groups is 3. The van der Waals surface area contributed by atoms with Crippen LogP contribution in [0.25, 0.3) is 0 Å². The Bertz CT molecular complexity index is 1200. The van der Waals surface area contributed by atoms with Crippen molar-refractivity contribution in [3.63, 3.8) is 0 Å². The summed E-state index contributed by atoms with van der Waals surface area (Å²) in [5.74, 6) is -1.20. The Labute approximate surface area is 336 Å². The molecule has 0 aromatic heterocycles. The minimum absolute atomic E-state index is 0.112. The molecule has 0 aliphatic heterocycles. The second-order valence-corrected chi connectivity index (χ2v) is 13.5. The van der Waals surface area contributed by atoms with Crippen LogP contribution in [0.4, 0.5) is 0 Å². The summed E-state index contributed by atoms with van der Waals surface area (Å²) in [4.78, 5) is 37.5. The third-order valence-corrected chi connectivity index (χ3v) is 8.28. The molecule has 55 heavy (non-hydrogen) atoms. The highest BCUT2D eigenvalue weighted by atomic mass is 16.6. The van der Waals surface area contributed by atoms with Crippen molar-refractivity contribution in [3.05, 3.63) is 109 Å². The van der Waals surface area contributed by atoms with Crippen LogP contribution in [0.3, 0.4) is 0 Å². The largest absolute Gasteiger partial charge is 0.462 e. The van der Waals surface area contributed by atoms with Gasteiger partial charge in [-0.1, -0.05) is 162 Å². The van der Waals surface area contributed by atoms with Crippen LogP contribution in [0, 0.1) is 0 Å². The Morgan fingerprint density at radius 3 is 1.27 bits per heavy atom. The molecular weight excluding hydrogens is 685 g/mol. The number of carbonyl (C=O) groups excluding carboxylic acids is 3. The van der Waals surface area contributed by atoms with Crippen molar-refractivity contribution in [2.45, 2.75) is 168 Å². The average molecular weight is 761 g/mol. The molecule has 0 saturated heterocycles. The van der Waals surface area contributed by atoms with Crippen LogP contribution in [0.1, 0.15) is 162 Å². The Balaban J connectivity index is 4.57. The SMILES string of the molecule is CC/C=C\C/C=C\C/C=C\CCCC(=O)OC(COC(=O)C/C=C\C/C=C\C/C=C\CC)COC(=O)CCC/C=C\C/C=C\C/C=C\CCCCCCCC. The lowest BCUT2D eigenvalue weighted by Crippen LogP contribution is -2.30. The van der Waals surface area contributed by atoms with Gasteiger partial charge in [-0.05, 0) is 89.9 Å². The number of hydrogen-bond acceptors (Lipinski definition) is 6. The molecule has 0 spiro atoms. The molecule has 0 aliphatic rings. The third-order valence-electron chi connectivity index (χ3n) is 8.28. The van der Waals surface area contributed by atoms with Gasteiger partial charge in [0, 0.05) is 12.8 Å². The standard InChI is InChI=1S/C49H76O6/c1-4-7-10-13-16-19-21-22-23-24-25-26-28-30-33-36-39-42-48(51)54-45-46(44-53-47(50)41-38-35-32-29-18-15-12-9-6-3)55-49(52)43-40-37-34-31-27-20-17-14-11-8-5-2/h8-9,11-12,17-18,20,22-23,25-26,29-31,33-35,38,46H,4-7,10,13-16,19,21,24,27-28,32,36-37,39-45H2,1-3H3/b11-8-,12-9-,20-17-,23-22-,26-25-,29-18-,33-30-,34-31-,38-35-. The molecule has 6 nitrogen and oxygen atoms in total. The quantitative estimate of drug-likeness (QED) is 0.0274. The fourth-order valence-electron chi connectivity index (χ4n) is 5.13. The van der Waals surface area contributed by atoms with E-state index in [0.717, 1.165) is 64.2 Å². The second kappa shape index (κ2) is 42.8. The first-order valence-corrected chi connectivity index (χ1v) is 21.4. The molecule has 0 aromatic rings. The Hall–Kier alpha value is -3.93. The van der Waals surface area contributed by atoms with E-state index in [0.29, 0.717) is 12.8 Å².